The molecule has 3 aliphatic heterocycles. The zero-order valence-electron chi connectivity index (χ0n) is 16.9. The van der Waals surface area contributed by atoms with Crippen molar-refractivity contribution in [1.29, 1.82) is 0 Å². The maximum Gasteiger partial charge on any atom is 0.273 e. The number of rotatable bonds is 5. The summed E-state index contributed by atoms with van der Waals surface area (Å²) in [5, 5.41) is 6.70. The lowest BCUT2D eigenvalue weighted by molar-refractivity contribution is 0.0899. The van der Waals surface area contributed by atoms with E-state index in [1.807, 2.05) is 7.05 Å². The first-order valence-electron chi connectivity index (χ1n) is 10.9. The summed E-state index contributed by atoms with van der Waals surface area (Å²) in [6.45, 7) is 1.59. The first kappa shape index (κ1) is 19.5. The molecule has 4 heterocycles. The lowest BCUT2D eigenvalue weighted by Crippen LogP contribution is -2.56. The van der Waals surface area contributed by atoms with Crippen LogP contribution in [0, 0.1) is 0 Å². The Morgan fingerprint density at radius 2 is 1.90 bits per heavy atom. The van der Waals surface area contributed by atoms with Crippen LogP contribution in [0.15, 0.2) is 10.6 Å². The third kappa shape index (κ3) is 3.72. The molecule has 4 fully saturated rings. The van der Waals surface area contributed by atoms with Crippen LogP contribution < -0.4 is 5.32 Å². The molecule has 1 aromatic rings. The average molecular weight is 423 g/mol. The van der Waals surface area contributed by atoms with E-state index in [-0.39, 0.29) is 29.3 Å². The fourth-order valence-corrected chi connectivity index (χ4v) is 7.88. The van der Waals surface area contributed by atoms with Crippen LogP contribution >= 0.6 is 0 Å². The van der Waals surface area contributed by atoms with E-state index in [1.54, 1.807) is 10.4 Å². The number of aromatic nitrogens is 1. The number of amides is 1. The summed E-state index contributed by atoms with van der Waals surface area (Å²) in [5.41, 5.74) is 0.333. The molecule has 0 radical (unpaired) electrons. The van der Waals surface area contributed by atoms with Gasteiger partial charge in [-0.15, -0.1) is 0 Å². The molecule has 1 N–H and O–H groups in total. The Kier molecular flexibility index (Phi) is 4.95. The molecule has 1 aliphatic carbocycles. The number of piperidine rings is 2. The average Bonchev–Trinajstić information content (AvgIpc) is 3.34. The van der Waals surface area contributed by atoms with Crippen molar-refractivity contribution >= 4 is 15.9 Å². The van der Waals surface area contributed by atoms with E-state index >= 15 is 0 Å². The lowest BCUT2D eigenvalue weighted by Gasteiger charge is -2.41. The van der Waals surface area contributed by atoms with Crippen molar-refractivity contribution in [2.24, 2.45) is 0 Å². The van der Waals surface area contributed by atoms with Gasteiger partial charge in [0.2, 0.25) is 10.0 Å². The SMILES string of the molecule is CN1CCC[C@@H](S(=O)(=O)N2[C@@H]3CC[C@H]2CC(NC(=O)c2cc(C4CC4)on2)C3)C1. The molecule has 2 bridgehead atoms. The molecule has 1 unspecified atom stereocenters. The Morgan fingerprint density at radius 3 is 2.55 bits per heavy atom. The van der Waals surface area contributed by atoms with Gasteiger partial charge in [0.05, 0.1) is 5.25 Å². The van der Waals surface area contributed by atoms with Gasteiger partial charge in [0.15, 0.2) is 5.69 Å². The highest BCUT2D eigenvalue weighted by molar-refractivity contribution is 7.89. The molecule has 1 aromatic heterocycles. The Hall–Kier alpha value is -1.45. The van der Waals surface area contributed by atoms with Gasteiger partial charge in [0.25, 0.3) is 5.91 Å². The van der Waals surface area contributed by atoms with Crippen LogP contribution in [0.4, 0.5) is 0 Å². The molecule has 160 valence electrons. The van der Waals surface area contributed by atoms with Crippen LogP contribution in [0.25, 0.3) is 0 Å². The quantitative estimate of drug-likeness (QED) is 0.776. The third-order valence-corrected chi connectivity index (χ3v) is 9.45. The number of nitrogens with zero attached hydrogens (tertiary/aromatic N) is 3. The number of carbonyl (C=O) groups is 1. The summed E-state index contributed by atoms with van der Waals surface area (Å²) in [6, 6.07) is 1.73. The predicted octanol–water partition coefficient (Wildman–Crippen LogP) is 1.70. The number of sulfonamides is 1. The number of hydrogen-bond acceptors (Lipinski definition) is 6. The van der Waals surface area contributed by atoms with Crippen LogP contribution in [0.2, 0.25) is 0 Å². The Bertz CT molecular complexity index is 867. The van der Waals surface area contributed by atoms with Gasteiger partial charge in [0.1, 0.15) is 5.76 Å². The van der Waals surface area contributed by atoms with E-state index in [4.69, 9.17) is 4.52 Å². The summed E-state index contributed by atoms with van der Waals surface area (Å²) >= 11 is 0. The normalized spacial score (nSPS) is 33.7. The van der Waals surface area contributed by atoms with Crippen LogP contribution in [0.5, 0.6) is 0 Å². The van der Waals surface area contributed by atoms with Gasteiger partial charge in [-0.3, -0.25) is 4.79 Å². The first-order chi connectivity index (χ1) is 13.9. The van der Waals surface area contributed by atoms with Crippen molar-refractivity contribution in [1.82, 2.24) is 19.7 Å². The monoisotopic (exact) mass is 422 g/mol. The maximum atomic E-state index is 13.4. The van der Waals surface area contributed by atoms with Crippen molar-refractivity contribution in [2.45, 2.75) is 80.7 Å². The lowest BCUT2D eigenvalue weighted by atomic mass is 9.99. The molecule has 3 saturated heterocycles. The van der Waals surface area contributed by atoms with Crippen LogP contribution in [-0.2, 0) is 10.0 Å². The number of nitrogens with one attached hydrogen (secondary N) is 1. The van der Waals surface area contributed by atoms with Gasteiger partial charge in [-0.1, -0.05) is 5.16 Å². The molecular weight excluding hydrogens is 392 g/mol. The van der Waals surface area contributed by atoms with Gasteiger partial charge < -0.3 is 14.7 Å². The van der Waals surface area contributed by atoms with E-state index in [1.165, 1.54) is 0 Å². The van der Waals surface area contributed by atoms with E-state index in [2.05, 4.69) is 15.4 Å². The summed E-state index contributed by atoms with van der Waals surface area (Å²) < 4.78 is 33.8. The third-order valence-electron chi connectivity index (χ3n) is 7.04. The van der Waals surface area contributed by atoms with Crippen LogP contribution in [0.1, 0.15) is 73.5 Å². The molecule has 5 rings (SSSR count). The van der Waals surface area contributed by atoms with Crippen molar-refractivity contribution in [3.8, 4) is 0 Å². The van der Waals surface area contributed by atoms with Gasteiger partial charge in [0, 0.05) is 36.7 Å². The second kappa shape index (κ2) is 7.35. The number of carbonyl (C=O) groups excluding carboxylic acids is 1. The van der Waals surface area contributed by atoms with Crippen molar-refractivity contribution in [3.05, 3.63) is 17.5 Å². The molecule has 29 heavy (non-hydrogen) atoms. The first-order valence-corrected chi connectivity index (χ1v) is 12.4. The molecule has 8 nitrogen and oxygen atoms in total. The second-order valence-corrected chi connectivity index (χ2v) is 11.4. The standard InChI is InChI=1S/C20H30N4O4S/c1-23-8-2-3-17(12-23)29(26,27)24-15-6-7-16(24)10-14(9-15)21-20(25)18-11-19(28-22-18)13-4-5-13/h11,13-17H,2-10,12H2,1H3,(H,21,25)/t14?,15-,16+,17-/m1/s1. The zero-order valence-corrected chi connectivity index (χ0v) is 17.7. The molecule has 9 heteroatoms. The van der Waals surface area contributed by atoms with Gasteiger partial charge in [-0.05, 0) is 65.0 Å². The minimum Gasteiger partial charge on any atom is -0.360 e. The Labute approximate surface area is 172 Å². The van der Waals surface area contributed by atoms with E-state index < -0.39 is 10.0 Å². The molecular formula is C20H30N4O4S. The molecule has 4 atom stereocenters. The predicted molar refractivity (Wildman–Crippen MR) is 107 cm³/mol. The topological polar surface area (TPSA) is 95.8 Å². The molecule has 0 spiro atoms. The Morgan fingerprint density at radius 1 is 1.17 bits per heavy atom. The number of likely N-dealkylation sites (tertiary alicyclic amines) is 1. The highest BCUT2D eigenvalue weighted by Gasteiger charge is 2.49. The van der Waals surface area contributed by atoms with Crippen molar-refractivity contribution < 1.29 is 17.7 Å². The van der Waals surface area contributed by atoms with Crippen LogP contribution in [-0.4, -0.2) is 72.2 Å². The largest absolute Gasteiger partial charge is 0.360 e. The van der Waals surface area contributed by atoms with Gasteiger partial charge >= 0.3 is 0 Å². The molecule has 0 aromatic carbocycles. The fraction of sp³-hybridized carbons (Fsp3) is 0.800. The smallest absolute Gasteiger partial charge is 0.273 e. The second-order valence-electron chi connectivity index (χ2n) is 9.32. The van der Waals surface area contributed by atoms with E-state index in [9.17, 15) is 13.2 Å². The summed E-state index contributed by atoms with van der Waals surface area (Å²) in [7, 11) is -1.31. The number of hydrogen-bond donors (Lipinski definition) is 1. The Balaban J connectivity index is 1.24. The molecule has 4 aliphatic rings. The fourth-order valence-electron chi connectivity index (χ4n) is 5.42. The van der Waals surface area contributed by atoms with Gasteiger partial charge in [-0.25, -0.2) is 8.42 Å². The summed E-state index contributed by atoms with van der Waals surface area (Å²) in [4.78, 5) is 14.7. The van der Waals surface area contributed by atoms with Crippen molar-refractivity contribution in [3.63, 3.8) is 0 Å². The zero-order chi connectivity index (χ0) is 20.2. The minimum atomic E-state index is -3.31. The maximum absolute atomic E-state index is 13.4. The van der Waals surface area contributed by atoms with E-state index in [0.717, 1.165) is 50.8 Å². The summed E-state index contributed by atoms with van der Waals surface area (Å²) in [5.74, 6) is 1.01. The minimum absolute atomic E-state index is 0.00406. The highest BCUT2D eigenvalue weighted by Crippen LogP contribution is 2.41. The van der Waals surface area contributed by atoms with Crippen molar-refractivity contribution in [2.75, 3.05) is 20.1 Å². The molecule has 1 saturated carbocycles. The number of fused-ring (bicyclic) bond motifs is 2. The van der Waals surface area contributed by atoms with Gasteiger partial charge in [-0.2, -0.15) is 4.31 Å². The van der Waals surface area contributed by atoms with Crippen LogP contribution in [0.3, 0.4) is 0 Å². The van der Waals surface area contributed by atoms with E-state index in [0.29, 0.717) is 31.0 Å². The highest BCUT2D eigenvalue weighted by atomic mass is 32.2. The molecule has 1 amide bonds. The summed E-state index contributed by atoms with van der Waals surface area (Å²) in [6.07, 6.45) is 7.01.